The van der Waals surface area contributed by atoms with E-state index in [4.69, 9.17) is 4.42 Å². The van der Waals surface area contributed by atoms with E-state index in [0.29, 0.717) is 0 Å². The zero-order valence-corrected chi connectivity index (χ0v) is 27.6. The molecule has 3 heteroatoms. The fourth-order valence-electron chi connectivity index (χ4n) is 8.29. The molecule has 11 rings (SSSR count). The minimum atomic E-state index is 0.911. The van der Waals surface area contributed by atoms with Gasteiger partial charge in [-0.25, -0.2) is 0 Å². The van der Waals surface area contributed by atoms with Crippen molar-refractivity contribution in [3.05, 3.63) is 182 Å². The second-order valence-electron chi connectivity index (χ2n) is 13.3. The molecule has 0 spiro atoms. The molecule has 0 amide bonds. The summed E-state index contributed by atoms with van der Waals surface area (Å²) in [5.74, 6) is 0. The molecule has 3 nitrogen and oxygen atoms in total. The second-order valence-corrected chi connectivity index (χ2v) is 13.3. The Morgan fingerprint density at radius 3 is 1.69 bits per heavy atom. The highest BCUT2D eigenvalue weighted by Gasteiger charge is 2.21. The minimum Gasteiger partial charge on any atom is -0.456 e. The van der Waals surface area contributed by atoms with E-state index in [9.17, 15) is 0 Å². The summed E-state index contributed by atoms with van der Waals surface area (Å²) in [7, 11) is 0. The van der Waals surface area contributed by atoms with Crippen molar-refractivity contribution in [2.75, 3.05) is 0 Å². The molecule has 238 valence electrons. The van der Waals surface area contributed by atoms with Crippen molar-refractivity contribution in [2.24, 2.45) is 0 Å². The summed E-state index contributed by atoms with van der Waals surface area (Å²) >= 11 is 0. The Hall–Kier alpha value is -6.84. The summed E-state index contributed by atoms with van der Waals surface area (Å²) in [5, 5.41) is 7.30. The molecular weight excluding hydrogens is 621 g/mol. The minimum absolute atomic E-state index is 0.911. The number of fused-ring (bicyclic) bond motifs is 10. The Kier molecular flexibility index (Phi) is 5.96. The first-order valence-corrected chi connectivity index (χ1v) is 17.4. The van der Waals surface area contributed by atoms with Gasteiger partial charge in [0.15, 0.2) is 0 Å². The average molecular weight is 651 g/mol. The number of para-hydroxylation sites is 3. The van der Waals surface area contributed by atoms with E-state index in [-0.39, 0.29) is 0 Å². The molecular formula is C48H30N2O. The molecule has 0 bridgehead atoms. The first-order chi connectivity index (χ1) is 25.3. The van der Waals surface area contributed by atoms with Gasteiger partial charge in [0.25, 0.3) is 0 Å². The van der Waals surface area contributed by atoms with Gasteiger partial charge in [-0.15, -0.1) is 0 Å². The Morgan fingerprint density at radius 2 is 0.902 bits per heavy atom. The molecule has 3 heterocycles. The molecule has 0 saturated carbocycles. The first kappa shape index (κ1) is 28.0. The largest absolute Gasteiger partial charge is 0.456 e. The van der Waals surface area contributed by atoms with Crippen molar-refractivity contribution in [2.45, 2.75) is 0 Å². The maximum atomic E-state index is 6.21. The fourth-order valence-corrected chi connectivity index (χ4v) is 8.29. The van der Waals surface area contributed by atoms with Crippen LogP contribution in [-0.4, -0.2) is 9.13 Å². The van der Waals surface area contributed by atoms with Gasteiger partial charge < -0.3 is 13.6 Å². The lowest BCUT2D eigenvalue weighted by Gasteiger charge is -2.11. The molecule has 51 heavy (non-hydrogen) atoms. The SMILES string of the molecule is c1ccc(-c2ccc(-n3c4ccccc4c4ccc5c(c6ccccc6n5-c5ccc(-c6cccc7oc8ccccc8c67)cc5)c43)cc2)cc1. The van der Waals surface area contributed by atoms with Crippen molar-refractivity contribution in [3.63, 3.8) is 0 Å². The third-order valence-corrected chi connectivity index (χ3v) is 10.5. The van der Waals surface area contributed by atoms with Crippen molar-refractivity contribution in [3.8, 4) is 33.6 Å². The molecule has 0 atom stereocenters. The predicted molar refractivity (Wildman–Crippen MR) is 213 cm³/mol. The number of nitrogens with zero attached hydrogens (tertiary/aromatic N) is 2. The molecule has 0 aliphatic carbocycles. The molecule has 0 aliphatic rings. The van der Waals surface area contributed by atoms with Crippen LogP contribution in [0.15, 0.2) is 186 Å². The molecule has 0 unspecified atom stereocenters. The van der Waals surface area contributed by atoms with Crippen LogP contribution < -0.4 is 0 Å². The second kappa shape index (κ2) is 10.8. The Morgan fingerprint density at radius 1 is 0.314 bits per heavy atom. The van der Waals surface area contributed by atoms with Crippen LogP contribution in [0, 0.1) is 0 Å². The molecule has 0 fully saturated rings. The van der Waals surface area contributed by atoms with Crippen LogP contribution >= 0.6 is 0 Å². The highest BCUT2D eigenvalue weighted by Crippen LogP contribution is 2.43. The third-order valence-electron chi connectivity index (χ3n) is 10.5. The average Bonchev–Trinajstić information content (AvgIpc) is 3.86. The van der Waals surface area contributed by atoms with Gasteiger partial charge >= 0.3 is 0 Å². The van der Waals surface area contributed by atoms with E-state index in [0.717, 1.165) is 38.9 Å². The van der Waals surface area contributed by atoms with Crippen LogP contribution in [0.2, 0.25) is 0 Å². The van der Waals surface area contributed by atoms with E-state index in [1.807, 2.05) is 12.1 Å². The highest BCUT2D eigenvalue weighted by molar-refractivity contribution is 6.26. The zero-order valence-electron chi connectivity index (χ0n) is 27.6. The lowest BCUT2D eigenvalue weighted by molar-refractivity contribution is 0.669. The molecule has 0 aliphatic heterocycles. The number of aromatic nitrogens is 2. The van der Waals surface area contributed by atoms with Gasteiger partial charge in [0.2, 0.25) is 0 Å². The third kappa shape index (κ3) is 4.12. The number of hydrogen-bond acceptors (Lipinski definition) is 1. The summed E-state index contributed by atoms with van der Waals surface area (Å²) in [6.07, 6.45) is 0. The number of hydrogen-bond donors (Lipinski definition) is 0. The van der Waals surface area contributed by atoms with Crippen LogP contribution in [0.3, 0.4) is 0 Å². The van der Waals surface area contributed by atoms with Crippen LogP contribution in [0.4, 0.5) is 0 Å². The Bertz CT molecular complexity index is 3100. The van der Waals surface area contributed by atoms with Crippen LogP contribution in [-0.2, 0) is 0 Å². The highest BCUT2D eigenvalue weighted by atomic mass is 16.3. The molecule has 0 saturated heterocycles. The van der Waals surface area contributed by atoms with Crippen molar-refractivity contribution >= 4 is 65.6 Å². The predicted octanol–water partition coefficient (Wildman–Crippen LogP) is 13.1. The Balaban J connectivity index is 1.13. The molecule has 0 radical (unpaired) electrons. The quantitative estimate of drug-likeness (QED) is 0.186. The van der Waals surface area contributed by atoms with Crippen molar-refractivity contribution in [1.82, 2.24) is 9.13 Å². The van der Waals surface area contributed by atoms with Gasteiger partial charge in [-0.1, -0.05) is 127 Å². The Labute approximate surface area is 293 Å². The maximum absolute atomic E-state index is 6.21. The monoisotopic (exact) mass is 650 g/mol. The van der Waals surface area contributed by atoms with Gasteiger partial charge in [-0.3, -0.25) is 0 Å². The van der Waals surface area contributed by atoms with Gasteiger partial charge in [0.1, 0.15) is 11.2 Å². The fraction of sp³-hybridized carbons (Fsp3) is 0. The van der Waals surface area contributed by atoms with Crippen molar-refractivity contribution in [1.29, 1.82) is 0 Å². The van der Waals surface area contributed by atoms with E-state index in [2.05, 4.69) is 179 Å². The first-order valence-electron chi connectivity index (χ1n) is 17.4. The van der Waals surface area contributed by atoms with Crippen molar-refractivity contribution < 1.29 is 4.42 Å². The zero-order chi connectivity index (χ0) is 33.5. The summed E-state index contributed by atoms with van der Waals surface area (Å²) in [4.78, 5) is 0. The maximum Gasteiger partial charge on any atom is 0.136 e. The number of benzene rings is 8. The lowest BCUT2D eigenvalue weighted by Crippen LogP contribution is -1.95. The smallest absolute Gasteiger partial charge is 0.136 e. The van der Waals surface area contributed by atoms with E-state index in [1.54, 1.807) is 0 Å². The molecule has 0 N–H and O–H groups in total. The van der Waals surface area contributed by atoms with Gasteiger partial charge in [-0.05, 0) is 76.9 Å². The van der Waals surface area contributed by atoms with Gasteiger partial charge in [0.05, 0.1) is 22.1 Å². The molecule has 3 aromatic heterocycles. The summed E-state index contributed by atoms with van der Waals surface area (Å²) < 4.78 is 11.1. The summed E-state index contributed by atoms with van der Waals surface area (Å²) in [6.45, 7) is 0. The molecule has 11 aromatic rings. The summed E-state index contributed by atoms with van der Waals surface area (Å²) in [6, 6.07) is 65.4. The number of furan rings is 1. The standard InChI is InChI=1S/C48H30N2O/c1-2-11-31(12-3-1)32-21-25-35(26-22-32)50-41-17-7-4-13-37(41)38-29-30-43-47(48(38)50)39-14-5-8-18-42(39)49(43)34-27-23-33(24-28-34)36-16-10-20-45-46(36)40-15-6-9-19-44(40)51-45/h1-30H. The van der Waals surface area contributed by atoms with E-state index >= 15 is 0 Å². The van der Waals surface area contributed by atoms with E-state index in [1.165, 1.54) is 60.3 Å². The topological polar surface area (TPSA) is 23.0 Å². The van der Waals surface area contributed by atoms with Crippen LogP contribution in [0.5, 0.6) is 0 Å². The van der Waals surface area contributed by atoms with Crippen LogP contribution in [0.1, 0.15) is 0 Å². The number of rotatable bonds is 4. The van der Waals surface area contributed by atoms with Gasteiger partial charge in [0, 0.05) is 43.7 Å². The molecule has 8 aromatic carbocycles. The van der Waals surface area contributed by atoms with Crippen LogP contribution in [0.25, 0.3) is 99.2 Å². The van der Waals surface area contributed by atoms with E-state index < -0.39 is 0 Å². The lowest BCUT2D eigenvalue weighted by atomic mass is 9.99. The summed E-state index contributed by atoms with van der Waals surface area (Å²) in [5.41, 5.74) is 13.7. The normalized spacial score (nSPS) is 11.9. The van der Waals surface area contributed by atoms with Gasteiger partial charge in [-0.2, -0.15) is 0 Å².